The van der Waals surface area contributed by atoms with Crippen LogP contribution < -0.4 is 4.74 Å². The summed E-state index contributed by atoms with van der Waals surface area (Å²) in [5, 5.41) is 3.96. The predicted octanol–water partition coefficient (Wildman–Crippen LogP) is 3.21. The fourth-order valence-electron chi connectivity index (χ4n) is 4.18. The molecule has 2 aromatic rings. The van der Waals surface area contributed by atoms with Gasteiger partial charge in [0.05, 0.1) is 25.9 Å². The number of likely N-dealkylation sites (tertiary alicyclic amines) is 1. The van der Waals surface area contributed by atoms with Crippen molar-refractivity contribution in [2.24, 2.45) is 0 Å². The maximum Gasteiger partial charge on any atom is 0.243 e. The smallest absolute Gasteiger partial charge is 0.243 e. The first kappa shape index (κ1) is 20.3. The van der Waals surface area contributed by atoms with Crippen molar-refractivity contribution < 1.29 is 14.0 Å². The Hall–Kier alpha value is -1.96. The van der Waals surface area contributed by atoms with Crippen LogP contribution in [0.1, 0.15) is 49.0 Å². The van der Waals surface area contributed by atoms with Gasteiger partial charge in [-0.25, -0.2) is 0 Å². The van der Waals surface area contributed by atoms with Gasteiger partial charge < -0.3 is 14.0 Å². The molecule has 0 radical (unpaired) electrons. The van der Waals surface area contributed by atoms with E-state index in [1.54, 1.807) is 0 Å². The second-order valence-electron chi connectivity index (χ2n) is 7.93. The first-order valence-corrected chi connectivity index (χ1v) is 10.8. The average molecular weight is 401 g/mol. The number of rotatable bonds is 9. The van der Waals surface area contributed by atoms with Gasteiger partial charge in [-0.3, -0.25) is 9.80 Å². The van der Waals surface area contributed by atoms with Gasteiger partial charge in [0.1, 0.15) is 5.75 Å². The molecule has 0 aliphatic carbocycles. The highest BCUT2D eigenvalue weighted by molar-refractivity contribution is 5.33. The second-order valence-corrected chi connectivity index (χ2v) is 7.93. The van der Waals surface area contributed by atoms with E-state index >= 15 is 0 Å². The number of morpholine rings is 1. The van der Waals surface area contributed by atoms with Gasteiger partial charge in [0.15, 0.2) is 5.82 Å². The molecule has 0 N–H and O–H groups in total. The highest BCUT2D eigenvalue weighted by Crippen LogP contribution is 2.33. The number of aromatic nitrogens is 2. The van der Waals surface area contributed by atoms with Crippen LogP contribution in [-0.2, 0) is 11.3 Å². The molecule has 7 heteroatoms. The summed E-state index contributed by atoms with van der Waals surface area (Å²) in [5.41, 5.74) is 1.23. The Kier molecular flexibility index (Phi) is 7.14. The third-order valence-electron chi connectivity index (χ3n) is 5.77. The summed E-state index contributed by atoms with van der Waals surface area (Å²) in [7, 11) is 0. The Morgan fingerprint density at radius 3 is 2.83 bits per heavy atom. The molecular formula is C22H32N4O3. The summed E-state index contributed by atoms with van der Waals surface area (Å²) in [4.78, 5) is 9.35. The lowest BCUT2D eigenvalue weighted by Crippen LogP contribution is -2.36. The topological polar surface area (TPSA) is 63.9 Å². The van der Waals surface area contributed by atoms with Crippen molar-refractivity contribution in [1.82, 2.24) is 19.9 Å². The minimum Gasteiger partial charge on any atom is -0.493 e. The molecule has 0 saturated carbocycles. The van der Waals surface area contributed by atoms with Crippen molar-refractivity contribution in [2.75, 3.05) is 46.0 Å². The molecule has 3 heterocycles. The number of aryl methyl sites for hydroxylation is 1. The van der Waals surface area contributed by atoms with E-state index in [0.29, 0.717) is 5.82 Å². The van der Waals surface area contributed by atoms with E-state index < -0.39 is 0 Å². The molecule has 4 rings (SSSR count). The Labute approximate surface area is 173 Å². The largest absolute Gasteiger partial charge is 0.493 e. The molecule has 0 amide bonds. The summed E-state index contributed by atoms with van der Waals surface area (Å²) >= 11 is 0. The molecule has 2 fully saturated rings. The number of benzene rings is 1. The average Bonchev–Trinajstić information content (AvgIpc) is 3.38. The number of nitrogens with zero attached hydrogens (tertiary/aromatic N) is 4. The number of hydrogen-bond donors (Lipinski definition) is 0. The summed E-state index contributed by atoms with van der Waals surface area (Å²) in [6.07, 6.45) is 4.44. The monoisotopic (exact) mass is 400 g/mol. The quantitative estimate of drug-likeness (QED) is 0.599. The van der Waals surface area contributed by atoms with Gasteiger partial charge in [-0.05, 0) is 51.8 Å². The van der Waals surface area contributed by atoms with E-state index in [1.165, 1.54) is 5.56 Å². The molecule has 0 unspecified atom stereocenters. The molecule has 158 valence electrons. The molecule has 7 nitrogen and oxygen atoms in total. The van der Waals surface area contributed by atoms with Crippen LogP contribution in [0.2, 0.25) is 0 Å². The zero-order valence-corrected chi connectivity index (χ0v) is 17.4. The summed E-state index contributed by atoms with van der Waals surface area (Å²) in [5.74, 6) is 2.43. The first-order valence-electron chi connectivity index (χ1n) is 10.8. The minimum atomic E-state index is 0.206. The zero-order valence-electron chi connectivity index (χ0n) is 17.4. The van der Waals surface area contributed by atoms with Crippen LogP contribution in [-0.4, -0.2) is 65.9 Å². The van der Waals surface area contributed by atoms with Gasteiger partial charge in [-0.1, -0.05) is 23.4 Å². The van der Waals surface area contributed by atoms with Crippen molar-refractivity contribution in [3.05, 3.63) is 41.5 Å². The SMILES string of the molecule is Cc1noc([C@@H]2CCCN2Cc2ccccc2OCCCCN2CCOCC2)n1. The number of unbranched alkanes of at least 4 members (excludes halogenated alkanes) is 1. The number of para-hydroxylation sites is 1. The van der Waals surface area contributed by atoms with Gasteiger partial charge in [0, 0.05) is 25.2 Å². The molecule has 2 saturated heterocycles. The highest BCUT2D eigenvalue weighted by Gasteiger charge is 2.30. The molecule has 0 bridgehead atoms. The second kappa shape index (κ2) is 10.2. The first-order chi connectivity index (χ1) is 14.3. The lowest BCUT2D eigenvalue weighted by molar-refractivity contribution is 0.0368. The normalized spacial score (nSPS) is 20.9. The molecule has 1 aromatic carbocycles. The molecule has 2 aliphatic heterocycles. The molecule has 1 aromatic heterocycles. The standard InChI is InChI=1S/C22H32N4O3/c1-18-23-22(29-24-18)20-8-6-11-26(20)17-19-7-2-3-9-21(19)28-14-5-4-10-25-12-15-27-16-13-25/h2-3,7,9,20H,4-6,8,10-17H2,1H3/t20-/m0/s1. The molecule has 29 heavy (non-hydrogen) atoms. The van der Waals surface area contributed by atoms with Gasteiger partial charge in [0.25, 0.3) is 0 Å². The third kappa shape index (κ3) is 5.56. The van der Waals surface area contributed by atoms with Crippen LogP contribution in [0, 0.1) is 6.92 Å². The van der Waals surface area contributed by atoms with Gasteiger partial charge in [0.2, 0.25) is 5.89 Å². The van der Waals surface area contributed by atoms with Crippen molar-refractivity contribution in [1.29, 1.82) is 0 Å². The molecule has 2 aliphatic rings. The van der Waals surface area contributed by atoms with E-state index in [0.717, 1.165) is 89.9 Å². The summed E-state index contributed by atoms with van der Waals surface area (Å²) in [6.45, 7) is 9.49. The fraction of sp³-hybridized carbons (Fsp3) is 0.636. The van der Waals surface area contributed by atoms with Crippen molar-refractivity contribution in [3.8, 4) is 5.75 Å². The molecular weight excluding hydrogens is 368 g/mol. The van der Waals surface area contributed by atoms with Crippen LogP contribution in [0.15, 0.2) is 28.8 Å². The van der Waals surface area contributed by atoms with E-state index in [9.17, 15) is 0 Å². The van der Waals surface area contributed by atoms with Gasteiger partial charge >= 0.3 is 0 Å². The van der Waals surface area contributed by atoms with E-state index in [4.69, 9.17) is 14.0 Å². The molecule has 1 atom stereocenters. The number of hydrogen-bond acceptors (Lipinski definition) is 7. The Morgan fingerprint density at radius 1 is 1.14 bits per heavy atom. The third-order valence-corrected chi connectivity index (χ3v) is 5.77. The van der Waals surface area contributed by atoms with E-state index in [-0.39, 0.29) is 6.04 Å². The van der Waals surface area contributed by atoms with Crippen LogP contribution >= 0.6 is 0 Å². The predicted molar refractivity (Wildman–Crippen MR) is 110 cm³/mol. The minimum absolute atomic E-state index is 0.206. The van der Waals surface area contributed by atoms with Crippen LogP contribution in [0.5, 0.6) is 5.75 Å². The van der Waals surface area contributed by atoms with E-state index in [2.05, 4.69) is 44.2 Å². The Bertz CT molecular complexity index is 760. The molecule has 0 spiro atoms. The van der Waals surface area contributed by atoms with Crippen LogP contribution in [0.25, 0.3) is 0 Å². The summed E-state index contributed by atoms with van der Waals surface area (Å²) < 4.78 is 17.0. The maximum atomic E-state index is 6.16. The number of ether oxygens (including phenoxy) is 2. The lowest BCUT2D eigenvalue weighted by atomic mass is 10.1. The van der Waals surface area contributed by atoms with Crippen molar-refractivity contribution in [2.45, 2.75) is 45.2 Å². The van der Waals surface area contributed by atoms with Gasteiger partial charge in [-0.2, -0.15) is 4.98 Å². The van der Waals surface area contributed by atoms with Crippen molar-refractivity contribution in [3.63, 3.8) is 0 Å². The fourth-order valence-corrected chi connectivity index (χ4v) is 4.18. The van der Waals surface area contributed by atoms with Gasteiger partial charge in [-0.15, -0.1) is 0 Å². The van der Waals surface area contributed by atoms with Crippen molar-refractivity contribution >= 4 is 0 Å². The zero-order chi connectivity index (χ0) is 19.9. The lowest BCUT2D eigenvalue weighted by Gasteiger charge is -2.26. The van der Waals surface area contributed by atoms with Crippen LogP contribution in [0.4, 0.5) is 0 Å². The Morgan fingerprint density at radius 2 is 2.00 bits per heavy atom. The van der Waals surface area contributed by atoms with Crippen LogP contribution in [0.3, 0.4) is 0 Å². The maximum absolute atomic E-state index is 6.16. The van der Waals surface area contributed by atoms with E-state index in [1.807, 2.05) is 6.92 Å². The summed E-state index contributed by atoms with van der Waals surface area (Å²) in [6, 6.07) is 8.59. The highest BCUT2D eigenvalue weighted by atomic mass is 16.5. The Balaban J connectivity index is 1.27.